The molecule has 0 N–H and O–H groups in total. The third-order valence-electron chi connectivity index (χ3n) is 5.51. The Morgan fingerprint density at radius 3 is 2.76 bits per heavy atom. The monoisotopic (exact) mass is 481 g/mol. The first-order valence-electron chi connectivity index (χ1n) is 10.3. The second-order valence-electron chi connectivity index (χ2n) is 7.62. The Balaban J connectivity index is 1.27. The van der Waals surface area contributed by atoms with Gasteiger partial charge in [-0.2, -0.15) is 0 Å². The van der Waals surface area contributed by atoms with Gasteiger partial charge in [0, 0.05) is 34.1 Å². The molecule has 3 heterocycles. The van der Waals surface area contributed by atoms with Crippen LogP contribution in [0.25, 0.3) is 11.5 Å². The van der Waals surface area contributed by atoms with Gasteiger partial charge in [0.2, 0.25) is 12.7 Å². The quantitative estimate of drug-likeness (QED) is 0.252. The van der Waals surface area contributed by atoms with Gasteiger partial charge in [-0.25, -0.2) is 0 Å². The lowest BCUT2D eigenvalue weighted by atomic mass is 10.2. The largest absolute Gasteiger partial charge is 0.454 e. The summed E-state index contributed by atoms with van der Waals surface area (Å²) < 4.78 is 18.6. The first-order valence-corrected chi connectivity index (χ1v) is 11.7. The van der Waals surface area contributed by atoms with E-state index in [0.29, 0.717) is 39.7 Å². The molecule has 0 unspecified atom stereocenters. The molecule has 0 amide bonds. The van der Waals surface area contributed by atoms with Gasteiger partial charge >= 0.3 is 0 Å². The van der Waals surface area contributed by atoms with E-state index in [2.05, 4.69) is 14.8 Å². The SMILES string of the molecule is Cc1cc(C(=O)CSc2nnc(-c3ccc4c(c3)OCO4)o2)c(C)n1Cc1ccccc1Cl. The molecule has 168 valence electrons. The van der Waals surface area contributed by atoms with Gasteiger partial charge in [0.15, 0.2) is 17.3 Å². The van der Waals surface area contributed by atoms with E-state index in [0.717, 1.165) is 22.5 Å². The van der Waals surface area contributed by atoms with Crippen molar-refractivity contribution >= 4 is 29.1 Å². The first kappa shape index (κ1) is 21.6. The number of nitrogens with zero attached hydrogens (tertiary/aromatic N) is 3. The van der Waals surface area contributed by atoms with Crippen LogP contribution in [0.4, 0.5) is 0 Å². The van der Waals surface area contributed by atoms with Gasteiger partial charge < -0.3 is 18.5 Å². The number of ketones is 1. The van der Waals surface area contributed by atoms with Crippen LogP contribution >= 0.6 is 23.4 Å². The van der Waals surface area contributed by atoms with Crippen molar-refractivity contribution in [2.45, 2.75) is 25.6 Å². The molecule has 2 aromatic heterocycles. The maximum Gasteiger partial charge on any atom is 0.277 e. The highest BCUT2D eigenvalue weighted by Gasteiger charge is 2.20. The van der Waals surface area contributed by atoms with Gasteiger partial charge in [0.1, 0.15) is 0 Å². The van der Waals surface area contributed by atoms with Crippen LogP contribution in [0.2, 0.25) is 5.02 Å². The van der Waals surface area contributed by atoms with Crippen molar-refractivity contribution in [3.63, 3.8) is 0 Å². The van der Waals surface area contributed by atoms with E-state index in [1.54, 1.807) is 12.1 Å². The first-order chi connectivity index (χ1) is 16.0. The van der Waals surface area contributed by atoms with Gasteiger partial charge in [0.25, 0.3) is 5.22 Å². The third-order valence-corrected chi connectivity index (χ3v) is 6.70. The summed E-state index contributed by atoms with van der Waals surface area (Å²) in [5.41, 5.74) is 4.33. The fraction of sp³-hybridized carbons (Fsp3) is 0.208. The third kappa shape index (κ3) is 4.36. The molecule has 4 aromatic rings. The summed E-state index contributed by atoms with van der Waals surface area (Å²) in [4.78, 5) is 12.9. The molecule has 1 aliphatic rings. The zero-order valence-electron chi connectivity index (χ0n) is 18.0. The lowest BCUT2D eigenvalue weighted by molar-refractivity contribution is 0.102. The number of ether oxygens (including phenoxy) is 2. The summed E-state index contributed by atoms with van der Waals surface area (Å²) in [6.07, 6.45) is 0. The predicted octanol–water partition coefficient (Wildman–Crippen LogP) is 5.56. The number of aromatic nitrogens is 3. The van der Waals surface area contributed by atoms with Crippen LogP contribution in [-0.2, 0) is 6.54 Å². The molecule has 1 aliphatic heterocycles. The highest BCUT2D eigenvalue weighted by atomic mass is 35.5. The van der Waals surface area contributed by atoms with Gasteiger partial charge in [-0.05, 0) is 49.7 Å². The normalized spacial score (nSPS) is 12.3. The van der Waals surface area contributed by atoms with Crippen molar-refractivity contribution < 1.29 is 18.7 Å². The zero-order chi connectivity index (χ0) is 22.9. The minimum atomic E-state index is 0.00124. The van der Waals surface area contributed by atoms with Gasteiger partial charge in [-0.15, -0.1) is 10.2 Å². The molecule has 0 saturated carbocycles. The molecule has 0 bridgehead atoms. The van der Waals surface area contributed by atoms with Crippen molar-refractivity contribution in [1.29, 1.82) is 0 Å². The number of Topliss-reactive ketones (excluding diaryl/α,β-unsaturated/α-hetero) is 1. The van der Waals surface area contributed by atoms with Crippen molar-refractivity contribution in [2.75, 3.05) is 12.5 Å². The molecular weight excluding hydrogens is 462 g/mol. The van der Waals surface area contributed by atoms with Crippen LogP contribution in [0.5, 0.6) is 11.5 Å². The predicted molar refractivity (Wildman–Crippen MR) is 125 cm³/mol. The Kier molecular flexibility index (Phi) is 5.86. The number of hydrogen-bond acceptors (Lipinski definition) is 7. The molecule has 2 aromatic carbocycles. The fourth-order valence-corrected chi connectivity index (χ4v) is 4.59. The topological polar surface area (TPSA) is 79.4 Å². The molecule has 33 heavy (non-hydrogen) atoms. The maximum atomic E-state index is 12.9. The van der Waals surface area contributed by atoms with E-state index in [4.69, 9.17) is 25.5 Å². The summed E-state index contributed by atoms with van der Waals surface area (Å²) in [6, 6.07) is 15.1. The molecule has 0 atom stereocenters. The lowest BCUT2D eigenvalue weighted by Gasteiger charge is -2.11. The van der Waals surface area contributed by atoms with Gasteiger partial charge in [-0.3, -0.25) is 4.79 Å². The lowest BCUT2D eigenvalue weighted by Crippen LogP contribution is -2.08. The maximum absolute atomic E-state index is 12.9. The van der Waals surface area contributed by atoms with Crippen LogP contribution in [-0.4, -0.2) is 33.1 Å². The molecule has 0 spiro atoms. The Labute approximate surface area is 199 Å². The van der Waals surface area contributed by atoms with E-state index in [-0.39, 0.29) is 18.3 Å². The van der Waals surface area contributed by atoms with Crippen LogP contribution in [0, 0.1) is 13.8 Å². The number of hydrogen-bond donors (Lipinski definition) is 0. The molecule has 9 heteroatoms. The summed E-state index contributed by atoms with van der Waals surface area (Å²) >= 11 is 7.54. The number of halogens is 1. The summed E-state index contributed by atoms with van der Waals surface area (Å²) in [5.74, 6) is 1.88. The standard InChI is InChI=1S/C24H20ClN3O4S/c1-14-9-18(15(2)28(14)11-17-5-3-4-6-19(17)25)20(29)12-33-24-27-26-23(32-24)16-7-8-21-22(10-16)31-13-30-21/h3-10H,11-13H2,1-2H3. The van der Waals surface area contributed by atoms with Crippen molar-refractivity contribution in [3.05, 3.63) is 76.1 Å². The molecule has 7 nitrogen and oxygen atoms in total. The van der Waals surface area contributed by atoms with E-state index in [1.807, 2.05) is 50.2 Å². The van der Waals surface area contributed by atoms with Crippen LogP contribution in [0.15, 0.2) is 58.2 Å². The van der Waals surface area contributed by atoms with Crippen molar-refractivity contribution in [1.82, 2.24) is 14.8 Å². The Bertz CT molecular complexity index is 1350. The van der Waals surface area contributed by atoms with Crippen LogP contribution in [0.1, 0.15) is 27.3 Å². The summed E-state index contributed by atoms with van der Waals surface area (Å²) in [6.45, 7) is 4.75. The fourth-order valence-electron chi connectivity index (χ4n) is 3.74. The van der Waals surface area contributed by atoms with Crippen LogP contribution in [0.3, 0.4) is 0 Å². The smallest absolute Gasteiger partial charge is 0.277 e. The van der Waals surface area contributed by atoms with Crippen LogP contribution < -0.4 is 9.47 Å². The van der Waals surface area contributed by atoms with E-state index in [1.165, 1.54) is 11.8 Å². The van der Waals surface area contributed by atoms with Gasteiger partial charge in [-0.1, -0.05) is 41.6 Å². The van der Waals surface area contributed by atoms with E-state index >= 15 is 0 Å². The van der Waals surface area contributed by atoms with E-state index in [9.17, 15) is 4.79 Å². The highest BCUT2D eigenvalue weighted by Crippen LogP contribution is 2.36. The average molecular weight is 482 g/mol. The Morgan fingerprint density at radius 1 is 1.09 bits per heavy atom. The molecule has 0 fully saturated rings. The second kappa shape index (κ2) is 8.96. The molecule has 5 rings (SSSR count). The summed E-state index contributed by atoms with van der Waals surface area (Å²) in [7, 11) is 0. The molecular formula is C24H20ClN3O4S. The zero-order valence-corrected chi connectivity index (χ0v) is 19.6. The number of benzene rings is 2. The molecule has 0 aliphatic carbocycles. The number of carbonyl (C=O) groups is 1. The van der Waals surface area contributed by atoms with Crippen molar-refractivity contribution in [2.24, 2.45) is 0 Å². The highest BCUT2D eigenvalue weighted by molar-refractivity contribution is 7.99. The number of carbonyl (C=O) groups excluding carboxylic acids is 1. The number of aryl methyl sites for hydroxylation is 1. The van der Waals surface area contributed by atoms with Crippen molar-refractivity contribution in [3.8, 4) is 23.0 Å². The number of thioether (sulfide) groups is 1. The minimum absolute atomic E-state index is 0.00124. The second-order valence-corrected chi connectivity index (χ2v) is 8.95. The number of rotatable bonds is 7. The Morgan fingerprint density at radius 2 is 1.91 bits per heavy atom. The summed E-state index contributed by atoms with van der Waals surface area (Å²) in [5, 5.41) is 9.20. The number of fused-ring (bicyclic) bond motifs is 1. The molecule has 0 saturated heterocycles. The average Bonchev–Trinajstić information content (AvgIpc) is 3.54. The molecule has 0 radical (unpaired) electrons. The minimum Gasteiger partial charge on any atom is -0.454 e. The Hall–Kier alpha value is -3.23. The van der Waals surface area contributed by atoms with E-state index < -0.39 is 0 Å². The van der Waals surface area contributed by atoms with Gasteiger partial charge in [0.05, 0.1) is 5.75 Å².